The van der Waals surface area contributed by atoms with E-state index in [2.05, 4.69) is 13.8 Å². The third-order valence-corrected chi connectivity index (χ3v) is 4.66. The van der Waals surface area contributed by atoms with Crippen molar-refractivity contribution in [2.45, 2.75) is 71.0 Å². The van der Waals surface area contributed by atoms with E-state index in [1.165, 1.54) is 0 Å². The number of hydrogen-bond acceptors (Lipinski definition) is 4. The van der Waals surface area contributed by atoms with Crippen LogP contribution in [0.1, 0.15) is 59.8 Å². The molecule has 0 aromatic heterocycles. The van der Waals surface area contributed by atoms with Crippen molar-refractivity contribution in [1.29, 1.82) is 0 Å². The monoisotopic (exact) mass is 311 g/mol. The summed E-state index contributed by atoms with van der Waals surface area (Å²) in [5.41, 5.74) is -1.03. The van der Waals surface area contributed by atoms with Crippen LogP contribution < -0.4 is 0 Å². The molecule has 0 aromatic carbocycles. The van der Waals surface area contributed by atoms with Gasteiger partial charge in [-0.05, 0) is 26.7 Å². The lowest BCUT2D eigenvalue weighted by Crippen LogP contribution is -2.53. The molecule has 0 saturated carbocycles. The lowest BCUT2D eigenvalue weighted by atomic mass is 9.75. The molecule has 0 aromatic rings. The lowest BCUT2D eigenvalue weighted by molar-refractivity contribution is -0.181. The predicted molar refractivity (Wildman–Crippen MR) is 83.4 cm³/mol. The van der Waals surface area contributed by atoms with Gasteiger partial charge in [0.05, 0.1) is 24.5 Å². The van der Waals surface area contributed by atoms with E-state index in [0.717, 1.165) is 25.9 Å². The third-order valence-electron chi connectivity index (χ3n) is 4.66. The molecule has 5 nitrogen and oxygen atoms in total. The number of esters is 1. The summed E-state index contributed by atoms with van der Waals surface area (Å²) in [6, 6.07) is 0. The Labute approximate surface area is 133 Å². The molecule has 1 spiro atoms. The molecule has 0 N–H and O–H groups in total. The van der Waals surface area contributed by atoms with Crippen molar-refractivity contribution in [2.75, 3.05) is 19.7 Å². The second-order valence-electron chi connectivity index (χ2n) is 7.16. The van der Waals surface area contributed by atoms with E-state index in [1.54, 1.807) is 0 Å². The molecule has 2 heterocycles. The van der Waals surface area contributed by atoms with Crippen LogP contribution in [-0.2, 0) is 19.1 Å². The second kappa shape index (κ2) is 6.57. The van der Waals surface area contributed by atoms with Crippen molar-refractivity contribution >= 4 is 11.9 Å². The Morgan fingerprint density at radius 1 is 1.27 bits per heavy atom. The van der Waals surface area contributed by atoms with Gasteiger partial charge in [0.1, 0.15) is 5.60 Å². The molecule has 126 valence electrons. The molecule has 0 unspecified atom stereocenters. The van der Waals surface area contributed by atoms with Gasteiger partial charge in [0.25, 0.3) is 0 Å². The van der Waals surface area contributed by atoms with Gasteiger partial charge in [0, 0.05) is 25.9 Å². The quantitative estimate of drug-likeness (QED) is 0.732. The molecular weight excluding hydrogens is 282 g/mol. The largest absolute Gasteiger partial charge is 0.458 e. The Hall–Kier alpha value is -1.10. The van der Waals surface area contributed by atoms with Crippen LogP contribution >= 0.6 is 0 Å². The highest BCUT2D eigenvalue weighted by molar-refractivity contribution is 5.88. The van der Waals surface area contributed by atoms with Crippen molar-refractivity contribution in [3.63, 3.8) is 0 Å². The average Bonchev–Trinajstić information content (AvgIpc) is 2.72. The lowest BCUT2D eigenvalue weighted by Gasteiger charge is -2.44. The molecule has 5 heteroatoms. The van der Waals surface area contributed by atoms with Crippen LogP contribution in [0.25, 0.3) is 0 Å². The topological polar surface area (TPSA) is 55.8 Å². The predicted octanol–water partition coefficient (Wildman–Crippen LogP) is 2.53. The summed E-state index contributed by atoms with van der Waals surface area (Å²) in [5, 5.41) is 0. The maximum atomic E-state index is 13.0. The molecule has 2 saturated heterocycles. The van der Waals surface area contributed by atoms with Crippen molar-refractivity contribution in [1.82, 2.24) is 4.90 Å². The van der Waals surface area contributed by atoms with E-state index in [1.807, 2.05) is 18.7 Å². The Balaban J connectivity index is 2.23. The summed E-state index contributed by atoms with van der Waals surface area (Å²) in [4.78, 5) is 26.9. The van der Waals surface area contributed by atoms with Gasteiger partial charge in [-0.2, -0.15) is 0 Å². The van der Waals surface area contributed by atoms with Crippen molar-refractivity contribution < 1.29 is 19.1 Å². The van der Waals surface area contributed by atoms with Gasteiger partial charge in [-0.15, -0.1) is 0 Å². The van der Waals surface area contributed by atoms with Crippen LogP contribution in [0, 0.1) is 5.92 Å². The summed E-state index contributed by atoms with van der Waals surface area (Å²) in [5.74, 6) is -0.530. The molecule has 2 aliphatic rings. The Morgan fingerprint density at radius 2 is 1.91 bits per heavy atom. The average molecular weight is 311 g/mol. The summed E-state index contributed by atoms with van der Waals surface area (Å²) < 4.78 is 11.5. The van der Waals surface area contributed by atoms with Gasteiger partial charge in [0.2, 0.25) is 5.91 Å². The number of nitrogens with zero attached hydrogens (tertiary/aromatic N) is 1. The molecule has 0 radical (unpaired) electrons. The Bertz CT molecular complexity index is 428. The van der Waals surface area contributed by atoms with Gasteiger partial charge in [-0.3, -0.25) is 9.59 Å². The van der Waals surface area contributed by atoms with E-state index < -0.39 is 5.60 Å². The molecule has 2 atom stereocenters. The highest BCUT2D eigenvalue weighted by atomic mass is 16.6. The first-order valence-electron chi connectivity index (χ1n) is 8.48. The fraction of sp³-hybridized carbons (Fsp3) is 0.882. The van der Waals surface area contributed by atoms with Gasteiger partial charge in [-0.25, -0.2) is 0 Å². The van der Waals surface area contributed by atoms with Gasteiger partial charge in [0.15, 0.2) is 0 Å². The van der Waals surface area contributed by atoms with Gasteiger partial charge < -0.3 is 14.4 Å². The van der Waals surface area contributed by atoms with E-state index in [4.69, 9.17) is 9.47 Å². The molecule has 0 aliphatic carbocycles. The zero-order chi connectivity index (χ0) is 16.4. The summed E-state index contributed by atoms with van der Waals surface area (Å²) in [6.45, 7) is 10.2. The number of rotatable bonds is 5. The molecule has 2 aliphatic heterocycles. The number of ether oxygens (including phenoxy) is 2. The summed E-state index contributed by atoms with van der Waals surface area (Å²) in [7, 11) is 0. The SMILES string of the molecule is CCCN(CCC)C(=O)[C@H]1CC(=O)O[C@]12CCOC(C)(C)C2. The smallest absolute Gasteiger partial charge is 0.307 e. The van der Waals surface area contributed by atoms with Gasteiger partial charge >= 0.3 is 5.97 Å². The number of amides is 1. The summed E-state index contributed by atoms with van der Waals surface area (Å²) >= 11 is 0. The maximum absolute atomic E-state index is 13.0. The molecule has 0 bridgehead atoms. The van der Waals surface area contributed by atoms with Crippen molar-refractivity contribution in [3.8, 4) is 0 Å². The minimum absolute atomic E-state index is 0.0762. The van der Waals surface area contributed by atoms with Crippen LogP contribution in [0.3, 0.4) is 0 Å². The van der Waals surface area contributed by atoms with Crippen molar-refractivity contribution in [3.05, 3.63) is 0 Å². The molecule has 1 amide bonds. The number of hydrogen-bond donors (Lipinski definition) is 0. The van der Waals surface area contributed by atoms with E-state index >= 15 is 0 Å². The standard InChI is InChI=1S/C17H29NO4/c1-5-8-18(9-6-2)15(20)13-11-14(19)22-17(13)7-10-21-16(3,4)12-17/h13H,5-12H2,1-4H3/t13-,17+/m1/s1. The molecule has 2 fully saturated rings. The Morgan fingerprint density at radius 3 is 2.45 bits per heavy atom. The summed E-state index contributed by atoms with van der Waals surface area (Å²) in [6.07, 6.45) is 3.27. The van der Waals surface area contributed by atoms with Crippen LogP contribution in [0.4, 0.5) is 0 Å². The molecule has 22 heavy (non-hydrogen) atoms. The van der Waals surface area contributed by atoms with E-state index in [-0.39, 0.29) is 29.8 Å². The fourth-order valence-electron chi connectivity index (χ4n) is 3.84. The first-order chi connectivity index (χ1) is 10.3. The van der Waals surface area contributed by atoms with Crippen molar-refractivity contribution in [2.24, 2.45) is 5.92 Å². The van der Waals surface area contributed by atoms with Gasteiger partial charge in [-0.1, -0.05) is 13.8 Å². The van der Waals surface area contributed by atoms with Crippen LogP contribution in [0.15, 0.2) is 0 Å². The van der Waals surface area contributed by atoms with E-state index in [9.17, 15) is 9.59 Å². The Kier molecular flexibility index (Phi) is 5.15. The highest BCUT2D eigenvalue weighted by Gasteiger charge is 2.57. The van der Waals surface area contributed by atoms with Crippen LogP contribution in [0.5, 0.6) is 0 Å². The number of carbonyl (C=O) groups is 2. The zero-order valence-corrected chi connectivity index (χ0v) is 14.3. The minimum Gasteiger partial charge on any atom is -0.458 e. The van der Waals surface area contributed by atoms with E-state index in [0.29, 0.717) is 19.4 Å². The van der Waals surface area contributed by atoms with Crippen LogP contribution in [-0.4, -0.2) is 47.7 Å². The molecular formula is C17H29NO4. The first-order valence-corrected chi connectivity index (χ1v) is 8.48. The highest BCUT2D eigenvalue weighted by Crippen LogP contribution is 2.46. The first kappa shape index (κ1) is 17.3. The normalized spacial score (nSPS) is 30.4. The maximum Gasteiger partial charge on any atom is 0.307 e. The second-order valence-corrected chi connectivity index (χ2v) is 7.16. The zero-order valence-electron chi connectivity index (χ0n) is 14.3. The number of carbonyl (C=O) groups excluding carboxylic acids is 2. The third kappa shape index (κ3) is 3.45. The van der Waals surface area contributed by atoms with Crippen LogP contribution in [0.2, 0.25) is 0 Å². The minimum atomic E-state index is -0.671. The molecule has 2 rings (SSSR count). The fourth-order valence-corrected chi connectivity index (χ4v) is 3.84.